The van der Waals surface area contributed by atoms with E-state index in [-0.39, 0.29) is 29.8 Å². The average molecular weight is 597 g/mol. The number of hydrogen-bond donors (Lipinski definition) is 0. The Balaban J connectivity index is 1.33. The minimum absolute atomic E-state index is 0.0460. The van der Waals surface area contributed by atoms with Crippen LogP contribution in [0.5, 0.6) is 11.6 Å². The molecule has 3 aliphatic rings. The number of rotatable bonds is 5. The van der Waals surface area contributed by atoms with Crippen molar-refractivity contribution in [2.24, 2.45) is 23.2 Å². The molecule has 8 nitrogen and oxygen atoms in total. The van der Waals surface area contributed by atoms with Gasteiger partial charge in [0.1, 0.15) is 23.7 Å². The van der Waals surface area contributed by atoms with Crippen LogP contribution in [0, 0.1) is 35.9 Å². The van der Waals surface area contributed by atoms with Gasteiger partial charge in [-0.05, 0) is 86.6 Å². The molecule has 3 aromatic carbocycles. The van der Waals surface area contributed by atoms with Gasteiger partial charge in [-0.1, -0.05) is 30.3 Å². The molecule has 3 aliphatic carbocycles. The Bertz CT molecular complexity index is 1860. The van der Waals surface area contributed by atoms with Gasteiger partial charge in [0, 0.05) is 22.4 Å². The van der Waals surface area contributed by atoms with Crippen molar-refractivity contribution in [1.29, 1.82) is 0 Å². The Morgan fingerprint density at radius 1 is 1.07 bits per heavy atom. The van der Waals surface area contributed by atoms with Crippen LogP contribution in [0.1, 0.15) is 62.6 Å². The van der Waals surface area contributed by atoms with E-state index in [0.717, 1.165) is 16.5 Å². The van der Waals surface area contributed by atoms with Gasteiger partial charge in [0.05, 0.1) is 24.5 Å². The summed E-state index contributed by atoms with van der Waals surface area (Å²) in [5.41, 5.74) is 1.27. The van der Waals surface area contributed by atoms with Crippen molar-refractivity contribution in [3.05, 3.63) is 87.9 Å². The summed E-state index contributed by atoms with van der Waals surface area (Å²) >= 11 is 0. The van der Waals surface area contributed by atoms with Crippen LogP contribution in [0.3, 0.4) is 0 Å². The first-order valence-corrected chi connectivity index (χ1v) is 14.8. The molecule has 0 bridgehead atoms. The molecule has 0 spiro atoms. The summed E-state index contributed by atoms with van der Waals surface area (Å²) < 4.78 is 31.9. The number of benzene rings is 3. The Morgan fingerprint density at radius 2 is 1.82 bits per heavy atom. The number of carbonyl (C=O) groups excluding carboxylic acids is 3. The zero-order chi connectivity index (χ0) is 31.1. The largest absolute Gasteiger partial charge is 0.496 e. The number of halogens is 1. The maximum atomic E-state index is 14.7. The van der Waals surface area contributed by atoms with Crippen molar-refractivity contribution in [3.63, 3.8) is 0 Å². The van der Waals surface area contributed by atoms with Crippen molar-refractivity contribution in [1.82, 2.24) is 10.1 Å². The molecule has 0 aliphatic heterocycles. The van der Waals surface area contributed by atoms with Gasteiger partial charge >= 0.3 is 0 Å². The van der Waals surface area contributed by atoms with Gasteiger partial charge in [0.2, 0.25) is 0 Å². The van der Waals surface area contributed by atoms with Gasteiger partial charge in [-0.15, -0.1) is 0 Å². The Morgan fingerprint density at radius 3 is 2.52 bits per heavy atom. The zero-order valence-electron chi connectivity index (χ0n) is 25.3. The number of ether oxygens (including phenoxy) is 2. The van der Waals surface area contributed by atoms with Gasteiger partial charge in [0.25, 0.3) is 5.88 Å². The highest BCUT2D eigenvalue weighted by molar-refractivity contribution is 6.25. The van der Waals surface area contributed by atoms with E-state index in [0.29, 0.717) is 40.9 Å². The van der Waals surface area contributed by atoms with E-state index in [1.54, 1.807) is 19.9 Å². The minimum Gasteiger partial charge on any atom is -0.496 e. The van der Waals surface area contributed by atoms with Crippen LogP contribution >= 0.6 is 0 Å². The second kappa shape index (κ2) is 10.1. The molecule has 1 saturated carbocycles. The van der Waals surface area contributed by atoms with Gasteiger partial charge < -0.3 is 14.0 Å². The Labute approximate surface area is 254 Å². The lowest BCUT2D eigenvalue weighted by Crippen LogP contribution is -2.60. The number of carbonyl (C=O) groups is 3. The minimum atomic E-state index is -1.51. The van der Waals surface area contributed by atoms with E-state index in [1.807, 2.05) is 49.3 Å². The number of aryl methyl sites for hydroxylation is 1. The summed E-state index contributed by atoms with van der Waals surface area (Å²) in [5, 5.41) is 5.43. The first-order valence-electron chi connectivity index (χ1n) is 14.8. The number of Topliss-reactive ketones (excluding diaryl/α,β-unsaturated/α-hetero) is 3. The molecule has 1 aromatic heterocycles. The fourth-order valence-corrected chi connectivity index (χ4v) is 8.08. The maximum Gasteiger partial charge on any atom is 0.265 e. The highest BCUT2D eigenvalue weighted by Crippen LogP contribution is 2.59. The fraction of sp³-hybridized carbons (Fsp3) is 0.371. The van der Waals surface area contributed by atoms with Crippen LogP contribution in [-0.2, 0) is 17.8 Å². The molecule has 0 saturated heterocycles. The van der Waals surface area contributed by atoms with Gasteiger partial charge in [0.15, 0.2) is 23.1 Å². The summed E-state index contributed by atoms with van der Waals surface area (Å²) in [6.45, 7) is 3.62. The van der Waals surface area contributed by atoms with E-state index < -0.39 is 40.7 Å². The average Bonchev–Trinajstić information content (AvgIpc) is 3.42. The summed E-state index contributed by atoms with van der Waals surface area (Å²) in [4.78, 5) is 45.5. The molecule has 9 heteroatoms. The Hall–Kier alpha value is -4.37. The molecular weight excluding hydrogens is 563 g/mol. The normalized spacial score (nSPS) is 25.8. The quantitative estimate of drug-likeness (QED) is 0.262. The molecule has 0 N–H and O–H groups in total. The van der Waals surface area contributed by atoms with Crippen molar-refractivity contribution in [2.45, 2.75) is 39.3 Å². The van der Waals surface area contributed by atoms with E-state index in [1.165, 1.54) is 19.2 Å². The lowest BCUT2D eigenvalue weighted by Gasteiger charge is -2.52. The molecular formula is C35H33FN2O6. The predicted molar refractivity (Wildman–Crippen MR) is 159 cm³/mol. The van der Waals surface area contributed by atoms with Crippen LogP contribution in [0.25, 0.3) is 10.8 Å². The van der Waals surface area contributed by atoms with E-state index in [2.05, 4.69) is 5.16 Å². The van der Waals surface area contributed by atoms with Crippen molar-refractivity contribution < 1.29 is 32.8 Å². The standard InChI is InChI=1S/C35H33FN2O6/c1-17-22-15-20(36)11-12-21(22)30(42-5)23-13-19-14-24-28(38(3)4)31-27(34(37-44-31)43-16-18-9-7-6-8-10-18)33(41)35(24,2)32(40)26(19)29(39)25(17)23/h6-12,15,19,24,26,28H,13-14,16H2,1-5H3. The number of hydrogen-bond acceptors (Lipinski definition) is 8. The molecule has 7 rings (SSSR count). The lowest BCUT2D eigenvalue weighted by molar-refractivity contribution is -0.140. The molecule has 1 heterocycles. The highest BCUT2D eigenvalue weighted by atomic mass is 19.1. The summed E-state index contributed by atoms with van der Waals surface area (Å²) in [7, 11) is 5.30. The highest BCUT2D eigenvalue weighted by Gasteiger charge is 2.65. The summed E-state index contributed by atoms with van der Waals surface area (Å²) in [6, 6.07) is 13.5. The van der Waals surface area contributed by atoms with Crippen LogP contribution in [0.15, 0.2) is 53.1 Å². The fourth-order valence-electron chi connectivity index (χ4n) is 8.08. The van der Waals surface area contributed by atoms with Crippen LogP contribution in [0.4, 0.5) is 4.39 Å². The number of methoxy groups -OCH3 is 1. The van der Waals surface area contributed by atoms with Crippen LogP contribution in [0.2, 0.25) is 0 Å². The molecule has 44 heavy (non-hydrogen) atoms. The third-order valence-electron chi connectivity index (χ3n) is 10.2. The molecule has 0 amide bonds. The second-order valence-electron chi connectivity index (χ2n) is 12.7. The molecule has 0 radical (unpaired) electrons. The van der Waals surface area contributed by atoms with E-state index >= 15 is 0 Å². The molecule has 226 valence electrons. The summed E-state index contributed by atoms with van der Waals surface area (Å²) in [5.74, 6) is -2.47. The first kappa shape index (κ1) is 28.4. The number of fused-ring (bicyclic) bond motifs is 5. The molecule has 5 atom stereocenters. The van der Waals surface area contributed by atoms with Crippen molar-refractivity contribution in [2.75, 3.05) is 21.2 Å². The van der Waals surface area contributed by atoms with Gasteiger partial charge in [-0.3, -0.25) is 19.3 Å². The third-order valence-corrected chi connectivity index (χ3v) is 10.2. The number of nitrogens with zero attached hydrogens (tertiary/aromatic N) is 2. The predicted octanol–water partition coefficient (Wildman–Crippen LogP) is 5.93. The zero-order valence-corrected chi connectivity index (χ0v) is 25.3. The smallest absolute Gasteiger partial charge is 0.265 e. The lowest BCUT2D eigenvalue weighted by atomic mass is 9.49. The van der Waals surface area contributed by atoms with E-state index in [9.17, 15) is 18.8 Å². The van der Waals surface area contributed by atoms with Crippen molar-refractivity contribution >= 4 is 28.1 Å². The number of aromatic nitrogens is 1. The van der Waals surface area contributed by atoms with Crippen LogP contribution < -0.4 is 9.47 Å². The SMILES string of the molecule is COc1c2c(c(C)c3cc(F)ccc13)C(=O)C1C(=O)C3(C)C(=O)c4c(OCc5ccccc5)noc4C(N(C)C)C3CC1C2. The van der Waals surface area contributed by atoms with Gasteiger partial charge in [-0.2, -0.15) is 0 Å². The molecule has 1 fully saturated rings. The molecule has 4 aromatic rings. The maximum absolute atomic E-state index is 14.7. The number of ketones is 3. The molecule has 5 unspecified atom stereocenters. The monoisotopic (exact) mass is 596 g/mol. The Kier molecular flexibility index (Phi) is 6.51. The van der Waals surface area contributed by atoms with Crippen molar-refractivity contribution in [3.8, 4) is 11.6 Å². The van der Waals surface area contributed by atoms with Gasteiger partial charge in [-0.25, -0.2) is 4.39 Å². The third kappa shape index (κ3) is 3.84. The topological polar surface area (TPSA) is 98.9 Å². The summed E-state index contributed by atoms with van der Waals surface area (Å²) in [6.07, 6.45) is 0.862. The first-order chi connectivity index (χ1) is 21.1. The second-order valence-corrected chi connectivity index (χ2v) is 12.7. The van der Waals surface area contributed by atoms with E-state index in [4.69, 9.17) is 14.0 Å². The van der Waals surface area contributed by atoms with Crippen LogP contribution in [-0.4, -0.2) is 48.6 Å².